The van der Waals surface area contributed by atoms with Crippen LogP contribution in [0.2, 0.25) is 0 Å². The molecule has 116 valence electrons. The van der Waals surface area contributed by atoms with Crippen LogP contribution >= 0.6 is 0 Å². The van der Waals surface area contributed by atoms with Gasteiger partial charge in [0.05, 0.1) is 12.6 Å². The molecule has 0 amide bonds. The first kappa shape index (κ1) is 15.6. The molecule has 0 aromatic carbocycles. The standard InChI is InChI=1S/C16H26N4O/c1-12(2)21-15-13(7-6-10-18-15)11-19-16(17)20-14-8-4-3-5-9-14/h6-7,10,12,14H,3-5,8-9,11H2,1-2H3,(H3,17,19,20). The van der Waals surface area contributed by atoms with Crippen molar-refractivity contribution >= 4 is 5.96 Å². The van der Waals surface area contributed by atoms with Crippen molar-refractivity contribution in [3.05, 3.63) is 23.9 Å². The minimum absolute atomic E-state index is 0.0975. The lowest BCUT2D eigenvalue weighted by Gasteiger charge is -2.23. The fraction of sp³-hybridized carbons (Fsp3) is 0.625. The van der Waals surface area contributed by atoms with Crippen LogP contribution < -0.4 is 15.8 Å². The molecule has 0 unspecified atom stereocenters. The molecule has 5 nitrogen and oxygen atoms in total. The highest BCUT2D eigenvalue weighted by atomic mass is 16.5. The molecule has 0 bridgehead atoms. The average Bonchev–Trinajstić information content (AvgIpc) is 2.47. The second-order valence-corrected chi connectivity index (χ2v) is 5.82. The molecule has 3 N–H and O–H groups in total. The van der Waals surface area contributed by atoms with Crippen LogP contribution in [0.4, 0.5) is 0 Å². The first-order valence-corrected chi connectivity index (χ1v) is 7.82. The minimum Gasteiger partial charge on any atom is -0.475 e. The Bertz CT molecular complexity index is 467. The second kappa shape index (κ2) is 7.86. The Morgan fingerprint density at radius 3 is 2.90 bits per heavy atom. The Balaban J connectivity index is 1.92. The van der Waals surface area contributed by atoms with Crippen molar-refractivity contribution in [1.29, 1.82) is 0 Å². The smallest absolute Gasteiger partial charge is 0.218 e. The van der Waals surface area contributed by atoms with Crippen LogP contribution in [0.3, 0.4) is 0 Å². The maximum absolute atomic E-state index is 5.98. The average molecular weight is 290 g/mol. The molecule has 0 atom stereocenters. The van der Waals surface area contributed by atoms with Crippen LogP contribution in [-0.4, -0.2) is 23.1 Å². The summed E-state index contributed by atoms with van der Waals surface area (Å²) in [4.78, 5) is 8.68. The lowest BCUT2D eigenvalue weighted by molar-refractivity contribution is 0.230. The molecule has 5 heteroatoms. The summed E-state index contributed by atoms with van der Waals surface area (Å²) in [5, 5.41) is 3.32. The number of nitrogens with two attached hydrogens (primary N) is 1. The molecular formula is C16H26N4O. The predicted octanol–water partition coefficient (Wildman–Crippen LogP) is 2.61. The molecule has 0 spiro atoms. The van der Waals surface area contributed by atoms with Gasteiger partial charge in [0.25, 0.3) is 0 Å². The van der Waals surface area contributed by atoms with Gasteiger partial charge >= 0.3 is 0 Å². The van der Waals surface area contributed by atoms with Crippen LogP contribution in [0.5, 0.6) is 5.88 Å². The van der Waals surface area contributed by atoms with Gasteiger partial charge in [-0.1, -0.05) is 25.3 Å². The summed E-state index contributed by atoms with van der Waals surface area (Å²) in [5.41, 5.74) is 6.94. The van der Waals surface area contributed by atoms with Crippen LogP contribution in [0.25, 0.3) is 0 Å². The number of hydrogen-bond donors (Lipinski definition) is 2. The second-order valence-electron chi connectivity index (χ2n) is 5.82. The highest BCUT2D eigenvalue weighted by Gasteiger charge is 2.13. The third-order valence-electron chi connectivity index (χ3n) is 3.57. The predicted molar refractivity (Wildman–Crippen MR) is 85.3 cm³/mol. The number of aromatic nitrogens is 1. The number of ether oxygens (including phenoxy) is 1. The monoisotopic (exact) mass is 290 g/mol. The Hall–Kier alpha value is -1.78. The van der Waals surface area contributed by atoms with Crippen LogP contribution in [0, 0.1) is 0 Å². The van der Waals surface area contributed by atoms with Crippen molar-refractivity contribution in [3.8, 4) is 5.88 Å². The zero-order valence-electron chi connectivity index (χ0n) is 13.0. The summed E-state index contributed by atoms with van der Waals surface area (Å²) in [5.74, 6) is 1.16. The van der Waals surface area contributed by atoms with E-state index in [1.165, 1.54) is 32.1 Å². The Morgan fingerprint density at radius 2 is 2.19 bits per heavy atom. The van der Waals surface area contributed by atoms with Gasteiger partial charge in [-0.25, -0.2) is 9.98 Å². The molecule has 21 heavy (non-hydrogen) atoms. The van der Waals surface area contributed by atoms with Gasteiger partial charge in [0.15, 0.2) is 5.96 Å². The maximum Gasteiger partial charge on any atom is 0.218 e. The zero-order chi connectivity index (χ0) is 15.1. The van der Waals surface area contributed by atoms with E-state index in [9.17, 15) is 0 Å². The van der Waals surface area contributed by atoms with Crippen molar-refractivity contribution < 1.29 is 4.74 Å². The third kappa shape index (κ3) is 5.25. The van der Waals surface area contributed by atoms with Gasteiger partial charge in [0, 0.05) is 17.8 Å². The molecule has 2 rings (SSSR count). The minimum atomic E-state index is 0.0975. The summed E-state index contributed by atoms with van der Waals surface area (Å²) in [6.45, 7) is 4.46. The largest absolute Gasteiger partial charge is 0.475 e. The Labute approximate surface area is 127 Å². The van der Waals surface area contributed by atoms with Gasteiger partial charge in [-0.15, -0.1) is 0 Å². The van der Waals surface area contributed by atoms with E-state index in [2.05, 4.69) is 15.3 Å². The molecule has 0 saturated heterocycles. The van der Waals surface area contributed by atoms with Crippen LogP contribution in [0.15, 0.2) is 23.3 Å². The first-order valence-electron chi connectivity index (χ1n) is 7.82. The molecule has 1 heterocycles. The zero-order valence-corrected chi connectivity index (χ0v) is 13.0. The van der Waals surface area contributed by atoms with Gasteiger partial charge in [-0.2, -0.15) is 0 Å². The van der Waals surface area contributed by atoms with E-state index in [1.54, 1.807) is 6.20 Å². The number of aliphatic imine (C=N–C) groups is 1. The molecule has 1 aliphatic rings. The van der Waals surface area contributed by atoms with E-state index < -0.39 is 0 Å². The van der Waals surface area contributed by atoms with Gasteiger partial charge < -0.3 is 15.8 Å². The number of nitrogens with one attached hydrogen (secondary N) is 1. The lowest BCUT2D eigenvalue weighted by Crippen LogP contribution is -2.41. The molecular weight excluding hydrogens is 264 g/mol. The number of guanidine groups is 1. The number of rotatable bonds is 5. The molecule has 1 aromatic heterocycles. The van der Waals surface area contributed by atoms with E-state index in [0.717, 1.165) is 5.56 Å². The molecule has 1 fully saturated rings. The summed E-state index contributed by atoms with van der Waals surface area (Å²) < 4.78 is 5.69. The molecule has 1 aliphatic carbocycles. The Kier molecular flexibility index (Phi) is 5.84. The molecule has 1 saturated carbocycles. The Morgan fingerprint density at radius 1 is 1.43 bits per heavy atom. The molecule has 1 aromatic rings. The SMILES string of the molecule is CC(C)Oc1ncccc1CN=C(N)NC1CCCCC1. The van der Waals surface area contributed by atoms with Gasteiger partial charge in [-0.05, 0) is 32.8 Å². The summed E-state index contributed by atoms with van der Waals surface area (Å²) in [6.07, 6.45) is 8.09. The molecule has 0 aliphatic heterocycles. The topological polar surface area (TPSA) is 72.5 Å². The maximum atomic E-state index is 5.98. The van der Waals surface area contributed by atoms with E-state index in [-0.39, 0.29) is 6.10 Å². The van der Waals surface area contributed by atoms with Crippen molar-refractivity contribution in [2.45, 2.75) is 64.6 Å². The van der Waals surface area contributed by atoms with Gasteiger partial charge in [-0.3, -0.25) is 0 Å². The van der Waals surface area contributed by atoms with E-state index in [0.29, 0.717) is 24.4 Å². The summed E-state index contributed by atoms with van der Waals surface area (Å²) >= 11 is 0. The highest BCUT2D eigenvalue weighted by Crippen LogP contribution is 2.18. The normalized spacial score (nSPS) is 17.0. The summed E-state index contributed by atoms with van der Waals surface area (Å²) in [7, 11) is 0. The summed E-state index contributed by atoms with van der Waals surface area (Å²) in [6, 6.07) is 4.34. The first-order chi connectivity index (χ1) is 10.1. The van der Waals surface area contributed by atoms with Crippen LogP contribution in [0.1, 0.15) is 51.5 Å². The quantitative estimate of drug-likeness (QED) is 0.646. The van der Waals surface area contributed by atoms with E-state index >= 15 is 0 Å². The van der Waals surface area contributed by atoms with E-state index in [1.807, 2.05) is 26.0 Å². The number of pyridine rings is 1. The third-order valence-corrected chi connectivity index (χ3v) is 3.57. The van der Waals surface area contributed by atoms with E-state index in [4.69, 9.17) is 10.5 Å². The van der Waals surface area contributed by atoms with Gasteiger partial charge in [0.2, 0.25) is 5.88 Å². The number of hydrogen-bond acceptors (Lipinski definition) is 3. The fourth-order valence-corrected chi connectivity index (χ4v) is 2.55. The van der Waals surface area contributed by atoms with Crippen molar-refractivity contribution in [3.63, 3.8) is 0 Å². The highest BCUT2D eigenvalue weighted by molar-refractivity contribution is 5.78. The van der Waals surface area contributed by atoms with Crippen molar-refractivity contribution in [1.82, 2.24) is 10.3 Å². The lowest BCUT2D eigenvalue weighted by atomic mass is 9.96. The van der Waals surface area contributed by atoms with Crippen molar-refractivity contribution in [2.24, 2.45) is 10.7 Å². The van der Waals surface area contributed by atoms with Crippen LogP contribution in [-0.2, 0) is 6.54 Å². The van der Waals surface area contributed by atoms with Crippen molar-refractivity contribution in [2.75, 3.05) is 0 Å². The number of nitrogens with zero attached hydrogens (tertiary/aromatic N) is 2. The molecule has 0 radical (unpaired) electrons. The van der Waals surface area contributed by atoms with Gasteiger partial charge in [0.1, 0.15) is 0 Å². The fourth-order valence-electron chi connectivity index (χ4n) is 2.55.